The Kier molecular flexibility index (Phi) is 4.12. The van der Waals surface area contributed by atoms with Crippen LogP contribution in [0.1, 0.15) is 28.7 Å². The van der Waals surface area contributed by atoms with E-state index in [1.165, 1.54) is 30.3 Å². The highest BCUT2D eigenvalue weighted by Gasteiger charge is 2.40. The number of rotatable bonds is 3. The Morgan fingerprint density at radius 1 is 1.36 bits per heavy atom. The largest absolute Gasteiger partial charge is 0.462 e. The van der Waals surface area contributed by atoms with Gasteiger partial charge in [0, 0.05) is 0 Å². The molecule has 0 radical (unpaired) electrons. The molecule has 0 aliphatic carbocycles. The molecule has 22 heavy (non-hydrogen) atoms. The van der Waals surface area contributed by atoms with E-state index in [2.05, 4.69) is 10.3 Å². The molecule has 9 heteroatoms. The van der Waals surface area contributed by atoms with Gasteiger partial charge in [-0.2, -0.15) is 18.4 Å². The third-order valence-electron chi connectivity index (χ3n) is 2.67. The lowest BCUT2D eigenvalue weighted by Gasteiger charge is -2.10. The number of hydrogen-bond donors (Lipinski definition) is 0. The fraction of sp³-hybridized carbons (Fsp3) is 0.231. The minimum atomic E-state index is -4.78. The Morgan fingerprint density at radius 3 is 2.50 bits per heavy atom. The van der Waals surface area contributed by atoms with Crippen LogP contribution in [-0.2, 0) is 10.9 Å². The molecule has 1 aromatic carbocycles. The van der Waals surface area contributed by atoms with E-state index >= 15 is 0 Å². The molecule has 1 heterocycles. The lowest BCUT2D eigenvalue weighted by molar-refractivity contribution is -0.143. The van der Waals surface area contributed by atoms with Gasteiger partial charge in [-0.05, 0) is 31.2 Å². The maximum atomic E-state index is 13.0. The number of nitriles is 1. The SMILES string of the molecule is CCOC(=O)c1ccc(-n2nnc(C#N)c2C(F)(F)F)cc1. The first kappa shape index (κ1) is 15.5. The number of alkyl halides is 3. The lowest BCUT2D eigenvalue weighted by Crippen LogP contribution is -2.15. The molecule has 0 N–H and O–H groups in total. The topological polar surface area (TPSA) is 80.8 Å². The van der Waals surface area contributed by atoms with Gasteiger partial charge < -0.3 is 4.74 Å². The third kappa shape index (κ3) is 2.90. The van der Waals surface area contributed by atoms with Crippen LogP contribution in [0, 0.1) is 11.3 Å². The fourth-order valence-corrected chi connectivity index (χ4v) is 1.75. The molecule has 0 fully saturated rings. The van der Waals surface area contributed by atoms with Crippen LogP contribution in [0.25, 0.3) is 5.69 Å². The van der Waals surface area contributed by atoms with Gasteiger partial charge in [0.25, 0.3) is 0 Å². The van der Waals surface area contributed by atoms with E-state index in [0.29, 0.717) is 4.68 Å². The molecular weight excluding hydrogens is 301 g/mol. The molecule has 0 atom stereocenters. The van der Waals surface area contributed by atoms with Crippen molar-refractivity contribution in [3.05, 3.63) is 41.2 Å². The predicted molar refractivity (Wildman–Crippen MR) is 67.0 cm³/mol. The number of nitrogens with zero attached hydrogens (tertiary/aromatic N) is 4. The van der Waals surface area contributed by atoms with Gasteiger partial charge in [0.05, 0.1) is 17.9 Å². The minimum Gasteiger partial charge on any atom is -0.462 e. The molecule has 2 aromatic rings. The van der Waals surface area contributed by atoms with Crippen LogP contribution >= 0.6 is 0 Å². The van der Waals surface area contributed by atoms with Crippen LogP contribution < -0.4 is 0 Å². The Balaban J connectivity index is 2.44. The molecule has 114 valence electrons. The second-order valence-corrected chi connectivity index (χ2v) is 4.08. The number of halogens is 3. The van der Waals surface area contributed by atoms with E-state index in [1.807, 2.05) is 0 Å². The van der Waals surface area contributed by atoms with Crippen molar-refractivity contribution < 1.29 is 22.7 Å². The van der Waals surface area contributed by atoms with Gasteiger partial charge >= 0.3 is 12.1 Å². The lowest BCUT2D eigenvalue weighted by atomic mass is 10.2. The number of carbonyl (C=O) groups excluding carboxylic acids is 1. The van der Waals surface area contributed by atoms with Gasteiger partial charge in [-0.3, -0.25) is 0 Å². The van der Waals surface area contributed by atoms with E-state index < -0.39 is 23.5 Å². The summed E-state index contributed by atoms with van der Waals surface area (Å²) in [6, 6.07) is 6.49. The molecule has 0 aliphatic heterocycles. The monoisotopic (exact) mass is 310 g/mol. The average Bonchev–Trinajstić information content (AvgIpc) is 2.91. The van der Waals surface area contributed by atoms with Gasteiger partial charge in [-0.15, -0.1) is 5.10 Å². The van der Waals surface area contributed by atoms with E-state index in [0.717, 1.165) is 0 Å². The molecule has 0 unspecified atom stereocenters. The van der Waals surface area contributed by atoms with Crippen molar-refractivity contribution in [3.63, 3.8) is 0 Å². The molecule has 0 bridgehead atoms. The first-order valence-corrected chi connectivity index (χ1v) is 6.09. The molecule has 0 spiro atoms. The zero-order valence-corrected chi connectivity index (χ0v) is 11.3. The van der Waals surface area contributed by atoms with Crippen LogP contribution in [0.3, 0.4) is 0 Å². The molecule has 6 nitrogen and oxygen atoms in total. The zero-order chi connectivity index (χ0) is 16.3. The Hall–Kier alpha value is -2.89. The fourth-order valence-electron chi connectivity index (χ4n) is 1.75. The van der Waals surface area contributed by atoms with Crippen LogP contribution in [0.15, 0.2) is 24.3 Å². The Labute approximate surface area is 122 Å². The second kappa shape index (κ2) is 5.85. The summed E-state index contributed by atoms with van der Waals surface area (Å²) in [7, 11) is 0. The number of ether oxygens (including phenoxy) is 1. The number of benzene rings is 1. The van der Waals surface area contributed by atoms with Gasteiger partial charge in [0.15, 0.2) is 11.4 Å². The highest BCUT2D eigenvalue weighted by atomic mass is 19.4. The van der Waals surface area contributed by atoms with Crippen LogP contribution in [-0.4, -0.2) is 27.6 Å². The molecular formula is C13H9F3N4O2. The summed E-state index contributed by atoms with van der Waals surface area (Å²) in [5.41, 5.74) is -1.87. The summed E-state index contributed by atoms with van der Waals surface area (Å²) in [6.07, 6.45) is -4.78. The van der Waals surface area contributed by atoms with Crippen LogP contribution in [0.2, 0.25) is 0 Å². The van der Waals surface area contributed by atoms with E-state index in [-0.39, 0.29) is 17.9 Å². The molecule has 2 rings (SSSR count). The molecule has 0 aliphatic rings. The first-order valence-electron chi connectivity index (χ1n) is 6.09. The van der Waals surface area contributed by atoms with E-state index in [1.54, 1.807) is 6.92 Å². The standard InChI is InChI=1S/C13H9F3N4O2/c1-2-22-12(21)8-3-5-9(6-4-8)20-11(13(14,15)16)10(7-17)18-19-20/h3-6H,2H2,1H3. The molecule has 0 saturated carbocycles. The van der Waals surface area contributed by atoms with Crippen LogP contribution in [0.5, 0.6) is 0 Å². The van der Waals surface area contributed by atoms with Crippen molar-refractivity contribution >= 4 is 5.97 Å². The number of esters is 1. The van der Waals surface area contributed by atoms with Crippen molar-refractivity contribution in [1.29, 1.82) is 5.26 Å². The molecule has 0 saturated heterocycles. The first-order chi connectivity index (χ1) is 10.4. The summed E-state index contributed by atoms with van der Waals surface area (Å²) >= 11 is 0. The van der Waals surface area contributed by atoms with Crippen molar-refractivity contribution in [3.8, 4) is 11.8 Å². The van der Waals surface area contributed by atoms with Crippen molar-refractivity contribution in [2.24, 2.45) is 0 Å². The van der Waals surface area contributed by atoms with Gasteiger partial charge in [0.1, 0.15) is 6.07 Å². The van der Waals surface area contributed by atoms with Crippen LogP contribution in [0.4, 0.5) is 13.2 Å². The van der Waals surface area contributed by atoms with Crippen molar-refractivity contribution in [1.82, 2.24) is 15.0 Å². The third-order valence-corrected chi connectivity index (χ3v) is 2.67. The summed E-state index contributed by atoms with van der Waals surface area (Å²) < 4.78 is 44.3. The van der Waals surface area contributed by atoms with Crippen molar-refractivity contribution in [2.75, 3.05) is 6.61 Å². The average molecular weight is 310 g/mol. The number of aromatic nitrogens is 3. The zero-order valence-electron chi connectivity index (χ0n) is 11.3. The smallest absolute Gasteiger partial charge is 0.436 e. The highest BCUT2D eigenvalue weighted by Crippen LogP contribution is 2.32. The normalized spacial score (nSPS) is 11.0. The van der Waals surface area contributed by atoms with Gasteiger partial charge in [-0.1, -0.05) is 5.21 Å². The Morgan fingerprint density at radius 2 is 2.00 bits per heavy atom. The second-order valence-electron chi connectivity index (χ2n) is 4.08. The van der Waals surface area contributed by atoms with E-state index in [9.17, 15) is 18.0 Å². The summed E-state index contributed by atoms with van der Waals surface area (Å²) in [5, 5.41) is 15.2. The maximum absolute atomic E-state index is 13.0. The quantitative estimate of drug-likeness (QED) is 0.813. The number of hydrogen-bond acceptors (Lipinski definition) is 5. The van der Waals surface area contributed by atoms with Gasteiger partial charge in [-0.25, -0.2) is 9.48 Å². The predicted octanol–water partition coefficient (Wildman–Crippen LogP) is 2.33. The minimum absolute atomic E-state index is 0.0226. The maximum Gasteiger partial charge on any atom is 0.436 e. The summed E-state index contributed by atoms with van der Waals surface area (Å²) in [4.78, 5) is 11.5. The highest BCUT2D eigenvalue weighted by molar-refractivity contribution is 5.89. The van der Waals surface area contributed by atoms with E-state index in [4.69, 9.17) is 10.00 Å². The Bertz CT molecular complexity index is 729. The summed E-state index contributed by atoms with van der Waals surface area (Å²) in [5.74, 6) is -0.582. The van der Waals surface area contributed by atoms with Crippen molar-refractivity contribution in [2.45, 2.75) is 13.1 Å². The molecule has 1 aromatic heterocycles. The van der Waals surface area contributed by atoms with Gasteiger partial charge in [0.2, 0.25) is 0 Å². The summed E-state index contributed by atoms with van der Waals surface area (Å²) in [6.45, 7) is 1.83. The molecule has 0 amide bonds. The number of carbonyl (C=O) groups is 1.